The molecular formula is C26H44Br2N2O6S4. The van der Waals surface area contributed by atoms with Crippen molar-refractivity contribution < 1.29 is 31.9 Å². The van der Waals surface area contributed by atoms with Gasteiger partial charge in [-0.05, 0) is 99.4 Å². The van der Waals surface area contributed by atoms with Crippen LogP contribution in [0.4, 0.5) is 0 Å². The molecule has 3 atom stereocenters. The molecule has 0 aromatic carbocycles. The molecule has 0 aliphatic heterocycles. The van der Waals surface area contributed by atoms with E-state index in [0.717, 1.165) is 24.4 Å². The summed E-state index contributed by atoms with van der Waals surface area (Å²) in [7, 11) is 0.242. The van der Waals surface area contributed by atoms with Crippen LogP contribution in [0.2, 0.25) is 0 Å². The SMILES string of the molecule is CC(=N[S@](=O)C(C)(C)C)c1cc(Br)cs1.COC(=O)C[C@](C)(N[S@](=O)C(C)(C)C)c1cc(Br)cs1.COC(C)=O.[2HH].[2H][2H]. The first kappa shape index (κ1) is 37.3. The lowest BCUT2D eigenvalue weighted by molar-refractivity contribution is -0.142. The maximum absolute atomic E-state index is 12.4. The summed E-state index contributed by atoms with van der Waals surface area (Å²) in [5.74, 6) is -0.583. The Bertz CT molecular complexity index is 1210. The van der Waals surface area contributed by atoms with Crippen molar-refractivity contribution in [3.63, 3.8) is 0 Å². The van der Waals surface area contributed by atoms with Gasteiger partial charge in [-0.15, -0.1) is 22.7 Å². The lowest BCUT2D eigenvalue weighted by atomic mass is 9.97. The zero-order valence-corrected chi connectivity index (χ0v) is 31.2. The van der Waals surface area contributed by atoms with Crippen molar-refractivity contribution in [1.29, 1.82) is 0 Å². The summed E-state index contributed by atoms with van der Waals surface area (Å²) in [6.45, 7) is 16.5. The van der Waals surface area contributed by atoms with E-state index in [4.69, 9.17) is 7.71 Å². The summed E-state index contributed by atoms with van der Waals surface area (Å²) in [6.07, 6.45) is 0.123. The molecule has 2 aromatic heterocycles. The molecule has 14 heteroatoms. The van der Waals surface area contributed by atoms with Crippen LogP contribution in [0.5, 0.6) is 0 Å². The average molecular weight is 772 g/mol. The molecule has 2 aromatic rings. The molecule has 1 N–H and O–H groups in total. The lowest BCUT2D eigenvalue weighted by Gasteiger charge is -2.31. The fourth-order valence-corrected chi connectivity index (χ4v) is 6.87. The second-order valence-electron chi connectivity index (χ2n) is 10.6. The van der Waals surface area contributed by atoms with E-state index >= 15 is 0 Å². The molecule has 40 heavy (non-hydrogen) atoms. The summed E-state index contributed by atoms with van der Waals surface area (Å²) in [5, 5.41) is 3.93. The molecule has 0 saturated carbocycles. The molecule has 2 heterocycles. The number of ether oxygens (including phenoxy) is 2. The molecular weight excluding hydrogens is 724 g/mol. The topological polar surface area (TPSA) is 111 Å². The first-order chi connectivity index (χ1) is 19.2. The largest absolute Gasteiger partial charge is 0.469 e. The van der Waals surface area contributed by atoms with Crippen LogP contribution in [0.25, 0.3) is 0 Å². The van der Waals surface area contributed by atoms with Crippen LogP contribution >= 0.6 is 54.5 Å². The van der Waals surface area contributed by atoms with Crippen molar-refractivity contribution in [3.05, 3.63) is 41.6 Å². The molecule has 8 nitrogen and oxygen atoms in total. The Kier molecular flexibility index (Phi) is 16.2. The van der Waals surface area contributed by atoms with Gasteiger partial charge in [-0.2, -0.15) is 4.40 Å². The van der Waals surface area contributed by atoms with Gasteiger partial charge in [-0.25, -0.2) is 13.1 Å². The van der Waals surface area contributed by atoms with Crippen molar-refractivity contribution in [1.82, 2.24) is 4.72 Å². The molecule has 0 bridgehead atoms. The summed E-state index contributed by atoms with van der Waals surface area (Å²) in [6, 6.07) is 3.92. The normalized spacial score (nSPS) is 15.1. The highest BCUT2D eigenvalue weighted by molar-refractivity contribution is 9.10. The van der Waals surface area contributed by atoms with E-state index in [2.05, 4.69) is 45.7 Å². The van der Waals surface area contributed by atoms with Gasteiger partial charge in [0.25, 0.3) is 0 Å². The number of carbonyl (C=O) groups excluding carboxylic acids is 2. The Morgan fingerprint density at radius 1 is 0.950 bits per heavy atom. The molecule has 2 rings (SSSR count). The molecule has 0 aliphatic carbocycles. The Morgan fingerprint density at radius 2 is 1.45 bits per heavy atom. The quantitative estimate of drug-likeness (QED) is 0.227. The third-order valence-corrected chi connectivity index (χ3v) is 11.7. The Hall–Kier alpha value is -0.770. The molecule has 232 valence electrons. The number of nitrogens with zero attached hydrogens (tertiary/aromatic N) is 1. The van der Waals surface area contributed by atoms with Gasteiger partial charge in [0, 0.05) is 35.9 Å². The minimum atomic E-state index is -1.28. The molecule has 0 amide bonds. The standard InChI is InChI=1S/C13H20BrNO3S2.C10H14BrNOS2.C3H6O2.2H2/c1-12(2,3)20(17)15-13(4,7-11(16)18-5)10-6-9(14)8-19-10;1-7(9-5-8(11)6-14-9)12-15(13)10(2,3)4;1-3(4)5-2;;/h6,8,15H,7H2,1-5H3;5-6H,1-4H3;1-2H3;2*1H/t13-,20+;15-;;;/m01.../s1/i;;;1+1D;1+1. The van der Waals surface area contributed by atoms with Gasteiger partial charge in [0.1, 0.15) is 11.0 Å². The van der Waals surface area contributed by atoms with E-state index in [0.29, 0.717) is 0 Å². The monoisotopic (exact) mass is 769 g/mol. The predicted molar refractivity (Wildman–Crippen MR) is 181 cm³/mol. The summed E-state index contributed by atoms with van der Waals surface area (Å²) in [5.41, 5.74) is 0.112. The third-order valence-electron chi connectivity index (χ3n) is 4.67. The van der Waals surface area contributed by atoms with E-state index in [1.807, 2.05) is 78.3 Å². The maximum Gasteiger partial charge on any atom is 0.307 e. The van der Waals surface area contributed by atoms with Gasteiger partial charge in [0.05, 0.1) is 57.2 Å². The highest BCUT2D eigenvalue weighted by Crippen LogP contribution is 2.34. The summed E-state index contributed by atoms with van der Waals surface area (Å²) < 4.78 is 51.6. The van der Waals surface area contributed by atoms with E-state index in [1.165, 1.54) is 32.5 Å². The minimum absolute atomic E-state index is 0. The maximum atomic E-state index is 12.4. The first-order valence-electron chi connectivity index (χ1n) is 12.9. The van der Waals surface area contributed by atoms with Crippen molar-refractivity contribution in [2.24, 2.45) is 4.40 Å². The number of nitrogens with one attached hydrogen (secondary N) is 1. The number of rotatable bonds is 7. The Labute approximate surface area is 273 Å². The Balaban J connectivity index is -0.000000614. The fraction of sp³-hybridized carbons (Fsp3) is 0.577. The number of methoxy groups -OCH3 is 2. The van der Waals surface area contributed by atoms with Crippen molar-refractivity contribution in [3.8, 4) is 0 Å². The second-order valence-corrected chi connectivity index (χ2v) is 18.1. The summed E-state index contributed by atoms with van der Waals surface area (Å²) >= 11 is 9.90. The average Bonchev–Trinajstić information content (AvgIpc) is 3.53. The van der Waals surface area contributed by atoms with Gasteiger partial charge in [-0.1, -0.05) is 0 Å². The number of carbonyl (C=O) groups is 2. The number of hydrogen-bond acceptors (Lipinski definition) is 8. The number of esters is 2. The van der Waals surface area contributed by atoms with Crippen molar-refractivity contribution in [2.45, 2.75) is 83.8 Å². The van der Waals surface area contributed by atoms with E-state index in [-0.39, 0.29) is 24.5 Å². The van der Waals surface area contributed by atoms with E-state index in [1.54, 1.807) is 11.3 Å². The highest BCUT2D eigenvalue weighted by atomic mass is 79.9. The van der Waals surface area contributed by atoms with Crippen LogP contribution < -0.4 is 4.72 Å². The molecule has 0 spiro atoms. The van der Waals surface area contributed by atoms with E-state index < -0.39 is 32.3 Å². The van der Waals surface area contributed by atoms with Gasteiger partial charge >= 0.3 is 11.9 Å². The first-order valence-corrected chi connectivity index (χ1v) is 17.5. The lowest BCUT2D eigenvalue weighted by Crippen LogP contribution is -2.47. The van der Waals surface area contributed by atoms with Crippen LogP contribution in [-0.2, 0) is 46.6 Å². The highest BCUT2D eigenvalue weighted by Gasteiger charge is 2.36. The molecule has 0 unspecified atom stereocenters. The van der Waals surface area contributed by atoms with Gasteiger partial charge in [0.15, 0.2) is 0 Å². The fourth-order valence-electron chi connectivity index (χ4n) is 2.30. The zero-order valence-electron chi connectivity index (χ0n) is 26.8. The van der Waals surface area contributed by atoms with Crippen LogP contribution in [0.3, 0.4) is 0 Å². The van der Waals surface area contributed by atoms with Crippen LogP contribution in [0, 0.1) is 0 Å². The van der Waals surface area contributed by atoms with Gasteiger partial charge in [0.2, 0.25) is 0 Å². The molecule has 0 aliphatic rings. The smallest absolute Gasteiger partial charge is 0.307 e. The van der Waals surface area contributed by atoms with Gasteiger partial charge in [-0.3, -0.25) is 9.59 Å². The number of hydrogen-bond donors (Lipinski definition) is 1. The number of thiophene rings is 2. The van der Waals surface area contributed by atoms with Crippen molar-refractivity contribution >= 4 is 94.2 Å². The molecule has 0 saturated heterocycles. The van der Waals surface area contributed by atoms with Crippen LogP contribution in [0.1, 0.15) is 82.9 Å². The van der Waals surface area contributed by atoms with Crippen molar-refractivity contribution in [2.75, 3.05) is 14.2 Å². The zero-order chi connectivity index (χ0) is 33.5. The van der Waals surface area contributed by atoms with Gasteiger partial charge < -0.3 is 9.47 Å². The second kappa shape index (κ2) is 17.4. The number of halogens is 2. The molecule has 0 radical (unpaired) electrons. The third kappa shape index (κ3) is 14.9. The summed E-state index contributed by atoms with van der Waals surface area (Å²) in [4.78, 5) is 23.3. The van der Waals surface area contributed by atoms with E-state index in [9.17, 15) is 18.0 Å². The Morgan fingerprint density at radius 3 is 1.80 bits per heavy atom. The molecule has 0 fully saturated rings. The minimum Gasteiger partial charge on any atom is -0.469 e. The van der Waals surface area contributed by atoms with Crippen LogP contribution in [-0.4, -0.2) is 49.8 Å². The predicted octanol–water partition coefficient (Wildman–Crippen LogP) is 7.79. The van der Waals surface area contributed by atoms with Crippen LogP contribution in [0.15, 0.2) is 36.2 Å².